The molecule has 2 nitrogen and oxygen atoms in total. The van der Waals surface area contributed by atoms with E-state index in [1.54, 1.807) is 13.2 Å². The summed E-state index contributed by atoms with van der Waals surface area (Å²) in [4.78, 5) is 0. The highest BCUT2D eigenvalue weighted by atomic mass is 35.5. The summed E-state index contributed by atoms with van der Waals surface area (Å²) in [5.41, 5.74) is 1.07. The van der Waals surface area contributed by atoms with Crippen LogP contribution in [0, 0.1) is 0 Å². The van der Waals surface area contributed by atoms with Crippen molar-refractivity contribution in [1.29, 1.82) is 0 Å². The van der Waals surface area contributed by atoms with Gasteiger partial charge < -0.3 is 10.1 Å². The molecule has 1 aliphatic heterocycles. The van der Waals surface area contributed by atoms with Crippen molar-refractivity contribution >= 4 is 23.2 Å². The summed E-state index contributed by atoms with van der Waals surface area (Å²) in [5, 5.41) is 4.59. The van der Waals surface area contributed by atoms with Gasteiger partial charge in [0.05, 0.1) is 17.2 Å². The number of nitrogens with one attached hydrogen (secondary N) is 1. The number of benzene rings is 1. The first kappa shape index (κ1) is 12.0. The molecular weight excluding hydrogens is 245 g/mol. The van der Waals surface area contributed by atoms with Gasteiger partial charge >= 0.3 is 0 Å². The lowest BCUT2D eigenvalue weighted by Crippen LogP contribution is -2.27. The van der Waals surface area contributed by atoms with Crippen LogP contribution in [-0.4, -0.2) is 20.2 Å². The lowest BCUT2D eigenvalue weighted by Gasteiger charge is -2.25. The Hall–Kier alpha value is -0.440. The van der Waals surface area contributed by atoms with E-state index in [0.717, 1.165) is 37.2 Å². The van der Waals surface area contributed by atoms with E-state index in [1.165, 1.54) is 0 Å². The zero-order chi connectivity index (χ0) is 11.5. The molecule has 1 N–H and O–H groups in total. The molecule has 1 aliphatic rings. The molecule has 0 bridgehead atoms. The van der Waals surface area contributed by atoms with Crippen LogP contribution in [0.4, 0.5) is 0 Å². The summed E-state index contributed by atoms with van der Waals surface area (Å²) in [6.07, 6.45) is 2.16. The van der Waals surface area contributed by atoms with Crippen LogP contribution in [0.3, 0.4) is 0 Å². The summed E-state index contributed by atoms with van der Waals surface area (Å²) >= 11 is 12.3. The van der Waals surface area contributed by atoms with E-state index >= 15 is 0 Å². The highest BCUT2D eigenvalue weighted by molar-refractivity contribution is 6.42. The van der Waals surface area contributed by atoms with Gasteiger partial charge in [-0.05, 0) is 44.0 Å². The SMILES string of the molecule is COc1ccc(Cl)c(Cl)c1C1CCNCC1. The van der Waals surface area contributed by atoms with Gasteiger partial charge in [0.2, 0.25) is 0 Å². The summed E-state index contributed by atoms with van der Waals surface area (Å²) in [6, 6.07) is 3.68. The number of halogens is 2. The number of piperidine rings is 1. The summed E-state index contributed by atoms with van der Waals surface area (Å²) in [7, 11) is 1.67. The van der Waals surface area contributed by atoms with Crippen LogP contribution in [0.1, 0.15) is 24.3 Å². The first-order valence-corrected chi connectivity index (χ1v) is 6.22. The fraction of sp³-hybridized carbons (Fsp3) is 0.500. The Kier molecular flexibility index (Phi) is 3.95. The minimum absolute atomic E-state index is 0.447. The van der Waals surface area contributed by atoms with Crippen molar-refractivity contribution in [3.63, 3.8) is 0 Å². The highest BCUT2D eigenvalue weighted by Gasteiger charge is 2.22. The van der Waals surface area contributed by atoms with Crippen molar-refractivity contribution in [2.24, 2.45) is 0 Å². The molecule has 1 saturated heterocycles. The highest BCUT2D eigenvalue weighted by Crippen LogP contribution is 2.41. The molecule has 0 aromatic heterocycles. The molecule has 0 saturated carbocycles. The molecular formula is C12H15Cl2NO. The van der Waals surface area contributed by atoms with Crippen molar-refractivity contribution in [2.75, 3.05) is 20.2 Å². The van der Waals surface area contributed by atoms with Crippen LogP contribution in [0.15, 0.2) is 12.1 Å². The van der Waals surface area contributed by atoms with Crippen LogP contribution in [0.2, 0.25) is 10.0 Å². The Bertz CT molecular complexity index is 376. The molecule has 0 amide bonds. The molecule has 2 rings (SSSR count). The van der Waals surface area contributed by atoms with Crippen LogP contribution in [-0.2, 0) is 0 Å². The molecule has 16 heavy (non-hydrogen) atoms. The number of hydrogen-bond acceptors (Lipinski definition) is 2. The Morgan fingerprint density at radius 2 is 1.94 bits per heavy atom. The van der Waals surface area contributed by atoms with E-state index in [9.17, 15) is 0 Å². The average Bonchev–Trinajstić information content (AvgIpc) is 2.33. The molecule has 0 radical (unpaired) electrons. The fourth-order valence-corrected chi connectivity index (χ4v) is 2.69. The van der Waals surface area contributed by atoms with E-state index in [0.29, 0.717) is 16.0 Å². The van der Waals surface area contributed by atoms with E-state index in [4.69, 9.17) is 27.9 Å². The van der Waals surface area contributed by atoms with Gasteiger partial charge in [-0.2, -0.15) is 0 Å². The Morgan fingerprint density at radius 1 is 1.25 bits per heavy atom. The zero-order valence-electron chi connectivity index (χ0n) is 9.22. The molecule has 1 aromatic carbocycles. The van der Waals surface area contributed by atoms with Gasteiger partial charge in [0.15, 0.2) is 0 Å². The molecule has 0 spiro atoms. The van der Waals surface area contributed by atoms with Crippen LogP contribution < -0.4 is 10.1 Å². The number of methoxy groups -OCH3 is 1. The quantitative estimate of drug-likeness (QED) is 0.879. The third-order valence-electron chi connectivity index (χ3n) is 3.06. The molecule has 4 heteroatoms. The van der Waals surface area contributed by atoms with Crippen LogP contribution in [0.25, 0.3) is 0 Å². The number of ether oxygens (including phenoxy) is 1. The summed E-state index contributed by atoms with van der Waals surface area (Å²) in [6.45, 7) is 2.05. The Morgan fingerprint density at radius 3 is 2.56 bits per heavy atom. The van der Waals surface area contributed by atoms with Gasteiger partial charge in [-0.15, -0.1) is 0 Å². The predicted octanol–water partition coefficient (Wildman–Crippen LogP) is 3.47. The van der Waals surface area contributed by atoms with Crippen LogP contribution in [0.5, 0.6) is 5.75 Å². The smallest absolute Gasteiger partial charge is 0.123 e. The average molecular weight is 260 g/mol. The van der Waals surface area contributed by atoms with Gasteiger partial charge in [0.25, 0.3) is 0 Å². The molecule has 0 atom stereocenters. The third-order valence-corrected chi connectivity index (χ3v) is 3.88. The van der Waals surface area contributed by atoms with Crippen molar-refractivity contribution in [3.05, 3.63) is 27.7 Å². The van der Waals surface area contributed by atoms with Gasteiger partial charge in [-0.1, -0.05) is 23.2 Å². The van der Waals surface area contributed by atoms with E-state index in [1.807, 2.05) is 6.07 Å². The van der Waals surface area contributed by atoms with Crippen molar-refractivity contribution in [1.82, 2.24) is 5.32 Å². The van der Waals surface area contributed by atoms with E-state index < -0.39 is 0 Å². The molecule has 0 unspecified atom stereocenters. The summed E-state index contributed by atoms with van der Waals surface area (Å²) < 4.78 is 5.37. The first-order valence-electron chi connectivity index (χ1n) is 5.46. The van der Waals surface area contributed by atoms with Crippen LogP contribution >= 0.6 is 23.2 Å². The second-order valence-electron chi connectivity index (χ2n) is 4.00. The van der Waals surface area contributed by atoms with Gasteiger partial charge in [0.1, 0.15) is 5.75 Å². The van der Waals surface area contributed by atoms with Crippen molar-refractivity contribution < 1.29 is 4.74 Å². The van der Waals surface area contributed by atoms with Gasteiger partial charge in [-0.3, -0.25) is 0 Å². The topological polar surface area (TPSA) is 21.3 Å². The molecule has 1 heterocycles. The van der Waals surface area contributed by atoms with Gasteiger partial charge in [-0.25, -0.2) is 0 Å². The zero-order valence-corrected chi connectivity index (χ0v) is 10.7. The van der Waals surface area contributed by atoms with E-state index in [-0.39, 0.29) is 0 Å². The second-order valence-corrected chi connectivity index (χ2v) is 4.79. The van der Waals surface area contributed by atoms with Crippen molar-refractivity contribution in [2.45, 2.75) is 18.8 Å². The normalized spacial score (nSPS) is 17.4. The van der Waals surface area contributed by atoms with Gasteiger partial charge in [0, 0.05) is 5.56 Å². The van der Waals surface area contributed by atoms with E-state index in [2.05, 4.69) is 5.32 Å². The minimum Gasteiger partial charge on any atom is -0.496 e. The lowest BCUT2D eigenvalue weighted by atomic mass is 9.89. The molecule has 1 fully saturated rings. The standard InChI is InChI=1S/C12H15Cl2NO/c1-16-10-3-2-9(13)12(14)11(10)8-4-6-15-7-5-8/h2-3,8,15H,4-7H2,1H3. The monoisotopic (exact) mass is 259 g/mol. The number of hydrogen-bond donors (Lipinski definition) is 1. The lowest BCUT2D eigenvalue weighted by molar-refractivity contribution is 0.392. The molecule has 1 aromatic rings. The maximum Gasteiger partial charge on any atom is 0.123 e. The van der Waals surface area contributed by atoms with Crippen molar-refractivity contribution in [3.8, 4) is 5.75 Å². The molecule has 0 aliphatic carbocycles. The second kappa shape index (κ2) is 5.26. The molecule has 88 valence electrons. The minimum atomic E-state index is 0.447. The maximum absolute atomic E-state index is 6.28. The first-order chi connectivity index (χ1) is 7.74. The maximum atomic E-state index is 6.28. The fourth-order valence-electron chi connectivity index (χ4n) is 2.22. The number of rotatable bonds is 2. The Labute approximate surface area is 106 Å². The Balaban J connectivity index is 2.39. The summed E-state index contributed by atoms with van der Waals surface area (Å²) in [5.74, 6) is 1.30. The largest absolute Gasteiger partial charge is 0.496 e. The predicted molar refractivity (Wildman–Crippen MR) is 67.9 cm³/mol. The third kappa shape index (κ3) is 2.29.